The molecule has 1 amide bonds. The van der Waals surface area contributed by atoms with E-state index in [1.807, 2.05) is 13.8 Å². The third-order valence-electron chi connectivity index (χ3n) is 2.06. The molecule has 0 bridgehead atoms. The topological polar surface area (TPSA) is 80.0 Å². The maximum atomic E-state index is 11.3. The summed E-state index contributed by atoms with van der Waals surface area (Å²) in [7, 11) is 0. The number of amides is 1. The van der Waals surface area contributed by atoms with Crippen LogP contribution in [0.15, 0.2) is 4.52 Å². The van der Waals surface area contributed by atoms with Gasteiger partial charge in [-0.25, -0.2) is 0 Å². The van der Waals surface area contributed by atoms with E-state index in [1.54, 1.807) is 6.92 Å². The summed E-state index contributed by atoms with van der Waals surface area (Å²) >= 11 is 0. The molecule has 0 aliphatic heterocycles. The lowest BCUT2D eigenvalue weighted by Gasteiger charge is -2.08. The van der Waals surface area contributed by atoms with E-state index in [2.05, 4.69) is 20.8 Å². The van der Waals surface area contributed by atoms with Gasteiger partial charge in [0.1, 0.15) is 0 Å². The predicted molar refractivity (Wildman–Crippen MR) is 63.5 cm³/mol. The predicted octanol–water partition coefficient (Wildman–Crippen LogP) is 0.425. The highest BCUT2D eigenvalue weighted by molar-refractivity contribution is 5.76. The molecule has 1 aromatic rings. The molecule has 0 saturated carbocycles. The molecule has 1 heterocycles. The molecule has 0 aromatic carbocycles. The average molecular weight is 240 g/mol. The van der Waals surface area contributed by atoms with Gasteiger partial charge in [-0.1, -0.05) is 5.16 Å². The Hall–Kier alpha value is -1.43. The molecule has 2 N–H and O–H groups in total. The largest absolute Gasteiger partial charge is 0.354 e. The number of aromatic nitrogens is 2. The first-order valence-electron chi connectivity index (χ1n) is 5.87. The fourth-order valence-corrected chi connectivity index (χ4v) is 1.36. The monoisotopic (exact) mass is 240 g/mol. The van der Waals surface area contributed by atoms with Gasteiger partial charge in [0.25, 0.3) is 0 Å². The van der Waals surface area contributed by atoms with Crippen molar-refractivity contribution in [3.05, 3.63) is 11.7 Å². The molecule has 96 valence electrons. The van der Waals surface area contributed by atoms with Crippen LogP contribution in [0.3, 0.4) is 0 Å². The maximum absolute atomic E-state index is 11.3. The number of carbonyl (C=O) groups is 1. The van der Waals surface area contributed by atoms with E-state index < -0.39 is 0 Å². The third-order valence-corrected chi connectivity index (χ3v) is 2.06. The van der Waals surface area contributed by atoms with Crippen LogP contribution >= 0.6 is 0 Å². The van der Waals surface area contributed by atoms with Crippen LogP contribution in [0.25, 0.3) is 0 Å². The van der Waals surface area contributed by atoms with Crippen molar-refractivity contribution < 1.29 is 9.32 Å². The van der Waals surface area contributed by atoms with Crippen molar-refractivity contribution >= 4 is 5.91 Å². The highest BCUT2D eigenvalue weighted by atomic mass is 16.5. The second-order valence-electron chi connectivity index (χ2n) is 4.21. The molecule has 0 aliphatic carbocycles. The number of hydrogen-bond donors (Lipinski definition) is 2. The Labute approximate surface area is 101 Å². The quantitative estimate of drug-likeness (QED) is 0.675. The van der Waals surface area contributed by atoms with Gasteiger partial charge in [-0.2, -0.15) is 4.98 Å². The van der Waals surface area contributed by atoms with Crippen LogP contribution in [0.2, 0.25) is 0 Å². The summed E-state index contributed by atoms with van der Waals surface area (Å²) in [6, 6.07) is 0.198. The number of hydrogen-bond acceptors (Lipinski definition) is 5. The minimum atomic E-state index is 0.0705. The molecule has 0 saturated heterocycles. The Morgan fingerprint density at radius 3 is 2.76 bits per heavy atom. The molecule has 1 rings (SSSR count). The standard InChI is InChI=1S/C11H20N4O2/c1-8(2)13-10(16)4-6-12-7-5-11-14-9(3)15-17-11/h8,12H,4-7H2,1-3H3,(H,13,16). The second-order valence-corrected chi connectivity index (χ2v) is 4.21. The fourth-order valence-electron chi connectivity index (χ4n) is 1.36. The third kappa shape index (κ3) is 6.01. The highest BCUT2D eigenvalue weighted by Crippen LogP contribution is 1.95. The van der Waals surface area contributed by atoms with Crippen molar-refractivity contribution in [2.24, 2.45) is 0 Å². The number of rotatable bonds is 7. The lowest BCUT2D eigenvalue weighted by molar-refractivity contribution is -0.121. The summed E-state index contributed by atoms with van der Waals surface area (Å²) < 4.78 is 4.96. The zero-order chi connectivity index (χ0) is 12.7. The van der Waals surface area contributed by atoms with Gasteiger partial charge in [0.2, 0.25) is 11.8 Å². The van der Waals surface area contributed by atoms with Gasteiger partial charge in [-0.3, -0.25) is 4.79 Å². The van der Waals surface area contributed by atoms with Gasteiger partial charge in [0.05, 0.1) is 0 Å². The van der Waals surface area contributed by atoms with Gasteiger partial charge in [0, 0.05) is 32.0 Å². The van der Waals surface area contributed by atoms with Crippen molar-refractivity contribution in [2.45, 2.75) is 39.7 Å². The van der Waals surface area contributed by atoms with Gasteiger partial charge in [-0.15, -0.1) is 0 Å². The van der Waals surface area contributed by atoms with Crippen LogP contribution in [0.5, 0.6) is 0 Å². The summed E-state index contributed by atoms with van der Waals surface area (Å²) in [5, 5.41) is 9.69. The smallest absolute Gasteiger partial charge is 0.227 e. The summed E-state index contributed by atoms with van der Waals surface area (Å²) in [6.07, 6.45) is 1.17. The van der Waals surface area contributed by atoms with E-state index >= 15 is 0 Å². The molecule has 0 aliphatic rings. The molecular formula is C11H20N4O2. The molecule has 0 radical (unpaired) electrons. The average Bonchev–Trinajstić information content (AvgIpc) is 2.62. The van der Waals surface area contributed by atoms with Crippen LogP contribution in [-0.2, 0) is 11.2 Å². The fraction of sp³-hybridized carbons (Fsp3) is 0.727. The van der Waals surface area contributed by atoms with Crippen molar-refractivity contribution in [3.63, 3.8) is 0 Å². The maximum Gasteiger partial charge on any atom is 0.227 e. The molecule has 17 heavy (non-hydrogen) atoms. The normalized spacial score (nSPS) is 10.8. The van der Waals surface area contributed by atoms with Gasteiger partial charge < -0.3 is 15.2 Å². The van der Waals surface area contributed by atoms with Crippen LogP contribution in [0.4, 0.5) is 0 Å². The zero-order valence-electron chi connectivity index (χ0n) is 10.6. The van der Waals surface area contributed by atoms with E-state index in [9.17, 15) is 4.79 Å². The van der Waals surface area contributed by atoms with E-state index in [0.29, 0.717) is 31.1 Å². The molecule has 0 spiro atoms. The van der Waals surface area contributed by atoms with E-state index in [0.717, 1.165) is 6.54 Å². The van der Waals surface area contributed by atoms with Gasteiger partial charge >= 0.3 is 0 Å². The van der Waals surface area contributed by atoms with Gasteiger partial charge in [0.15, 0.2) is 5.82 Å². The van der Waals surface area contributed by atoms with E-state index in [1.165, 1.54) is 0 Å². The van der Waals surface area contributed by atoms with Gasteiger partial charge in [-0.05, 0) is 20.8 Å². The molecule has 0 fully saturated rings. The summed E-state index contributed by atoms with van der Waals surface area (Å²) in [5.74, 6) is 1.35. The van der Waals surface area contributed by atoms with Crippen molar-refractivity contribution in [2.75, 3.05) is 13.1 Å². The Bertz CT molecular complexity index is 349. The van der Waals surface area contributed by atoms with Crippen molar-refractivity contribution in [3.8, 4) is 0 Å². The summed E-state index contributed by atoms with van der Waals surface area (Å²) in [6.45, 7) is 7.07. The first kappa shape index (κ1) is 13.6. The molecule has 6 nitrogen and oxygen atoms in total. The number of nitrogens with zero attached hydrogens (tertiary/aromatic N) is 2. The Morgan fingerprint density at radius 1 is 1.41 bits per heavy atom. The van der Waals surface area contributed by atoms with E-state index in [4.69, 9.17) is 4.52 Å². The summed E-state index contributed by atoms with van der Waals surface area (Å²) in [5.41, 5.74) is 0. The zero-order valence-corrected chi connectivity index (χ0v) is 10.6. The molecule has 0 atom stereocenters. The number of nitrogens with one attached hydrogen (secondary N) is 2. The number of carbonyl (C=O) groups excluding carboxylic acids is 1. The first-order chi connectivity index (χ1) is 8.08. The Morgan fingerprint density at radius 2 is 2.18 bits per heavy atom. The Kier molecular flexibility index (Phi) is 5.62. The molecule has 6 heteroatoms. The first-order valence-corrected chi connectivity index (χ1v) is 5.87. The molecule has 0 unspecified atom stereocenters. The van der Waals surface area contributed by atoms with Crippen LogP contribution in [0, 0.1) is 6.92 Å². The second kappa shape index (κ2) is 7.01. The minimum Gasteiger partial charge on any atom is -0.354 e. The number of aryl methyl sites for hydroxylation is 1. The summed E-state index contributed by atoms with van der Waals surface area (Å²) in [4.78, 5) is 15.4. The molecule has 1 aromatic heterocycles. The van der Waals surface area contributed by atoms with Crippen molar-refractivity contribution in [1.82, 2.24) is 20.8 Å². The lowest BCUT2D eigenvalue weighted by atomic mass is 10.3. The van der Waals surface area contributed by atoms with Crippen molar-refractivity contribution in [1.29, 1.82) is 0 Å². The van der Waals surface area contributed by atoms with Crippen LogP contribution in [-0.4, -0.2) is 35.2 Å². The molecular weight excluding hydrogens is 220 g/mol. The van der Waals surface area contributed by atoms with Crippen LogP contribution < -0.4 is 10.6 Å². The Balaban J connectivity index is 2.03. The van der Waals surface area contributed by atoms with E-state index in [-0.39, 0.29) is 11.9 Å². The lowest BCUT2D eigenvalue weighted by Crippen LogP contribution is -2.32. The van der Waals surface area contributed by atoms with Crippen LogP contribution in [0.1, 0.15) is 32.0 Å². The highest BCUT2D eigenvalue weighted by Gasteiger charge is 2.04. The SMILES string of the molecule is Cc1noc(CCNCCC(=O)NC(C)C)n1. The minimum absolute atomic E-state index is 0.0705.